The van der Waals surface area contributed by atoms with Gasteiger partial charge in [-0.25, -0.2) is 9.50 Å². The summed E-state index contributed by atoms with van der Waals surface area (Å²) in [5.41, 5.74) is 3.95. The third-order valence-corrected chi connectivity index (χ3v) is 7.24. The first-order valence-corrected chi connectivity index (χ1v) is 10.9. The van der Waals surface area contributed by atoms with Crippen molar-refractivity contribution in [2.75, 3.05) is 24.6 Å². The molecule has 5 nitrogen and oxygen atoms in total. The lowest BCUT2D eigenvalue weighted by Gasteiger charge is -2.39. The van der Waals surface area contributed by atoms with E-state index in [0.717, 1.165) is 60.8 Å². The van der Waals surface area contributed by atoms with Crippen molar-refractivity contribution in [1.82, 2.24) is 14.6 Å². The number of benzene rings is 1. The summed E-state index contributed by atoms with van der Waals surface area (Å²) in [4.78, 5) is 7.40. The van der Waals surface area contributed by atoms with Crippen LogP contribution in [0, 0.1) is 12.3 Å². The monoisotopic (exact) mass is 430 g/mol. The zero-order valence-corrected chi connectivity index (χ0v) is 18.2. The first kappa shape index (κ1) is 19.2. The second kappa shape index (κ2) is 7.15. The molecule has 0 radical (unpaired) electrons. The number of halogens is 2. The molecule has 152 valence electrons. The Kier molecular flexibility index (Phi) is 4.72. The van der Waals surface area contributed by atoms with Gasteiger partial charge in [0.25, 0.3) is 0 Å². The Morgan fingerprint density at radius 3 is 2.69 bits per heavy atom. The van der Waals surface area contributed by atoms with Crippen molar-refractivity contribution >= 4 is 34.5 Å². The fraction of sp³-hybridized carbons (Fsp3) is 0.455. The molecule has 4 heterocycles. The summed E-state index contributed by atoms with van der Waals surface area (Å²) in [6.07, 6.45) is 5.65. The number of hydrogen-bond acceptors (Lipinski definition) is 4. The molecular weight excluding hydrogens is 407 g/mol. The van der Waals surface area contributed by atoms with Crippen molar-refractivity contribution < 1.29 is 4.74 Å². The Balaban J connectivity index is 1.53. The van der Waals surface area contributed by atoms with Crippen molar-refractivity contribution in [2.45, 2.75) is 39.2 Å². The Morgan fingerprint density at radius 2 is 1.97 bits per heavy atom. The standard InChI is InChI=1S/C22H24Cl2N4O/c1-14-12-22(13-29-14)7-10-27(11-8-22)21-18-6-9-25-28(18)20(15(2)26-21)16-4-3-5-17(23)19(16)24/h3-6,9,14H,7-8,10-13H2,1-2H3/t14-/m0/s1. The molecule has 1 atom stereocenters. The normalized spacial score (nSPS) is 21.4. The summed E-state index contributed by atoms with van der Waals surface area (Å²) in [5.74, 6) is 0.990. The van der Waals surface area contributed by atoms with Crippen LogP contribution in [0.25, 0.3) is 16.8 Å². The Labute approximate surface area is 180 Å². The number of rotatable bonds is 2. The topological polar surface area (TPSA) is 42.7 Å². The van der Waals surface area contributed by atoms with E-state index in [0.29, 0.717) is 21.6 Å². The second-order valence-corrected chi connectivity index (χ2v) is 9.20. The molecule has 0 unspecified atom stereocenters. The summed E-state index contributed by atoms with van der Waals surface area (Å²) >= 11 is 12.8. The van der Waals surface area contributed by atoms with Crippen LogP contribution in [0.4, 0.5) is 5.82 Å². The van der Waals surface area contributed by atoms with Gasteiger partial charge in [0.1, 0.15) is 5.52 Å². The predicted molar refractivity (Wildman–Crippen MR) is 117 cm³/mol. The van der Waals surface area contributed by atoms with Crippen LogP contribution in [0.1, 0.15) is 31.9 Å². The molecule has 2 aromatic heterocycles. The summed E-state index contributed by atoms with van der Waals surface area (Å²) in [5, 5.41) is 5.65. The molecule has 2 aliphatic rings. The molecule has 0 N–H and O–H groups in total. The van der Waals surface area contributed by atoms with E-state index in [1.165, 1.54) is 6.42 Å². The maximum absolute atomic E-state index is 6.51. The highest BCUT2D eigenvalue weighted by Crippen LogP contribution is 2.43. The van der Waals surface area contributed by atoms with Gasteiger partial charge in [-0.2, -0.15) is 5.10 Å². The highest BCUT2D eigenvalue weighted by molar-refractivity contribution is 6.43. The molecule has 2 fully saturated rings. The lowest BCUT2D eigenvalue weighted by atomic mass is 9.77. The number of aromatic nitrogens is 3. The minimum atomic E-state index is 0.343. The van der Waals surface area contributed by atoms with Crippen molar-refractivity contribution in [1.29, 1.82) is 0 Å². The van der Waals surface area contributed by atoms with Gasteiger partial charge in [-0.1, -0.05) is 35.3 Å². The number of fused-ring (bicyclic) bond motifs is 1. The van der Waals surface area contributed by atoms with Crippen LogP contribution < -0.4 is 4.90 Å². The molecule has 0 amide bonds. The minimum Gasteiger partial charge on any atom is -0.378 e. The van der Waals surface area contributed by atoms with E-state index in [1.54, 1.807) is 6.07 Å². The van der Waals surface area contributed by atoms with E-state index in [4.69, 9.17) is 32.9 Å². The van der Waals surface area contributed by atoms with Gasteiger partial charge in [0, 0.05) is 18.7 Å². The first-order chi connectivity index (χ1) is 14.0. The summed E-state index contributed by atoms with van der Waals surface area (Å²) < 4.78 is 7.82. The van der Waals surface area contributed by atoms with Crippen molar-refractivity contribution in [3.05, 3.63) is 46.2 Å². The fourth-order valence-corrected chi connectivity index (χ4v) is 5.28. The molecule has 2 aliphatic heterocycles. The van der Waals surface area contributed by atoms with Gasteiger partial charge in [0.05, 0.1) is 40.3 Å². The molecule has 5 rings (SSSR count). The average Bonchev–Trinajstić information content (AvgIpc) is 3.32. The van der Waals surface area contributed by atoms with Crippen LogP contribution >= 0.6 is 23.2 Å². The number of anilines is 1. The molecule has 0 bridgehead atoms. The van der Waals surface area contributed by atoms with Crippen molar-refractivity contribution in [2.24, 2.45) is 5.41 Å². The number of ether oxygens (including phenoxy) is 1. The Bertz CT molecular complexity index is 1070. The lowest BCUT2D eigenvalue weighted by molar-refractivity contribution is 0.0976. The van der Waals surface area contributed by atoms with Crippen LogP contribution in [0.2, 0.25) is 10.0 Å². The van der Waals surface area contributed by atoms with Crippen molar-refractivity contribution in [3.8, 4) is 11.3 Å². The van der Waals surface area contributed by atoms with Crippen LogP contribution in [-0.2, 0) is 4.74 Å². The Morgan fingerprint density at radius 1 is 1.17 bits per heavy atom. The number of aryl methyl sites for hydroxylation is 1. The third-order valence-electron chi connectivity index (χ3n) is 6.42. The van der Waals surface area contributed by atoms with Crippen LogP contribution in [0.15, 0.2) is 30.5 Å². The minimum absolute atomic E-state index is 0.343. The molecule has 0 aliphatic carbocycles. The number of nitrogens with zero attached hydrogens (tertiary/aromatic N) is 4. The van der Waals surface area contributed by atoms with E-state index in [2.05, 4.69) is 16.9 Å². The SMILES string of the molecule is Cc1nc(N2CCC3(CC2)CO[C@@H](C)C3)c2ccnn2c1-c1cccc(Cl)c1Cl. The van der Waals surface area contributed by atoms with Crippen LogP contribution in [0.5, 0.6) is 0 Å². The molecule has 0 saturated carbocycles. The molecule has 1 aromatic carbocycles. The summed E-state index contributed by atoms with van der Waals surface area (Å²) in [6.45, 7) is 7.06. The van der Waals surface area contributed by atoms with Gasteiger partial charge in [0.15, 0.2) is 5.82 Å². The van der Waals surface area contributed by atoms with Gasteiger partial charge in [0.2, 0.25) is 0 Å². The quantitative estimate of drug-likeness (QED) is 0.545. The summed E-state index contributed by atoms with van der Waals surface area (Å²) in [7, 11) is 0. The average molecular weight is 431 g/mol. The summed E-state index contributed by atoms with van der Waals surface area (Å²) in [6, 6.07) is 7.68. The van der Waals surface area contributed by atoms with Gasteiger partial charge < -0.3 is 9.64 Å². The zero-order chi connectivity index (χ0) is 20.2. The van der Waals surface area contributed by atoms with Gasteiger partial charge in [-0.05, 0) is 50.7 Å². The van der Waals surface area contributed by atoms with Gasteiger partial charge >= 0.3 is 0 Å². The van der Waals surface area contributed by atoms with Gasteiger partial charge in [-0.15, -0.1) is 0 Å². The Hall–Kier alpha value is -1.82. The zero-order valence-electron chi connectivity index (χ0n) is 16.7. The highest BCUT2D eigenvalue weighted by atomic mass is 35.5. The maximum atomic E-state index is 6.51. The first-order valence-electron chi connectivity index (χ1n) is 10.1. The highest BCUT2D eigenvalue weighted by Gasteiger charge is 2.41. The molecule has 7 heteroatoms. The largest absolute Gasteiger partial charge is 0.378 e. The third kappa shape index (κ3) is 3.20. The maximum Gasteiger partial charge on any atom is 0.155 e. The number of piperidine rings is 1. The second-order valence-electron chi connectivity index (χ2n) is 8.41. The van der Waals surface area contributed by atoms with E-state index < -0.39 is 0 Å². The number of hydrogen-bond donors (Lipinski definition) is 0. The molecule has 2 saturated heterocycles. The molecule has 3 aromatic rings. The van der Waals surface area contributed by atoms with E-state index in [9.17, 15) is 0 Å². The van der Waals surface area contributed by atoms with Gasteiger partial charge in [-0.3, -0.25) is 0 Å². The molecule has 29 heavy (non-hydrogen) atoms. The smallest absolute Gasteiger partial charge is 0.155 e. The molecule has 1 spiro atoms. The fourth-order valence-electron chi connectivity index (χ4n) is 4.89. The van der Waals surface area contributed by atoms with E-state index in [1.807, 2.05) is 35.8 Å². The van der Waals surface area contributed by atoms with E-state index in [-0.39, 0.29) is 0 Å². The van der Waals surface area contributed by atoms with E-state index >= 15 is 0 Å². The predicted octanol–water partition coefficient (Wildman–Crippen LogP) is 5.41. The van der Waals surface area contributed by atoms with Crippen molar-refractivity contribution in [3.63, 3.8) is 0 Å². The van der Waals surface area contributed by atoms with Crippen LogP contribution in [-0.4, -0.2) is 40.4 Å². The van der Waals surface area contributed by atoms with Crippen LogP contribution in [0.3, 0.4) is 0 Å². The lowest BCUT2D eigenvalue weighted by Crippen LogP contribution is -2.41. The molecular formula is C22H24Cl2N4O.